The number of nitrogens with one attached hydrogen (secondary N) is 2. The second-order valence-corrected chi connectivity index (χ2v) is 11.0. The summed E-state index contributed by atoms with van der Waals surface area (Å²) in [6.45, 7) is 8.04. The highest BCUT2D eigenvalue weighted by Gasteiger charge is 2.42. The molecular weight excluding hydrogens is 602 g/mol. The number of amides is 4. The van der Waals surface area contributed by atoms with Gasteiger partial charge >= 0.3 is 11.9 Å². The van der Waals surface area contributed by atoms with Gasteiger partial charge in [-0.2, -0.15) is 0 Å². The van der Waals surface area contributed by atoms with E-state index in [9.17, 15) is 28.8 Å². The van der Waals surface area contributed by atoms with E-state index >= 15 is 0 Å². The van der Waals surface area contributed by atoms with Gasteiger partial charge in [-0.25, -0.2) is 9.59 Å². The molecule has 0 saturated heterocycles. The Kier molecular flexibility index (Phi) is 11.3. The monoisotopic (exact) mass is 641 g/mol. The molecule has 0 saturated carbocycles. The Hall–Kier alpha value is -5.32. The first-order chi connectivity index (χ1) is 22.5. The lowest BCUT2D eigenvalue weighted by molar-refractivity contribution is -0.150. The molecule has 4 rings (SSSR count). The maximum absolute atomic E-state index is 13.2. The minimum absolute atomic E-state index is 0.00628. The quantitative estimate of drug-likeness (QED) is 0.198. The predicted octanol–water partition coefficient (Wildman–Crippen LogP) is 4.90. The van der Waals surface area contributed by atoms with Crippen LogP contribution in [-0.4, -0.2) is 59.7 Å². The molecule has 3 aromatic rings. The fourth-order valence-electron chi connectivity index (χ4n) is 5.47. The van der Waals surface area contributed by atoms with Crippen molar-refractivity contribution in [2.75, 3.05) is 23.8 Å². The number of esters is 2. The van der Waals surface area contributed by atoms with Crippen LogP contribution in [0.4, 0.5) is 11.4 Å². The molecule has 0 unspecified atom stereocenters. The molecule has 4 amide bonds. The summed E-state index contributed by atoms with van der Waals surface area (Å²) >= 11 is 0. The molecule has 1 heterocycles. The van der Waals surface area contributed by atoms with E-state index in [1.165, 1.54) is 25.1 Å². The van der Waals surface area contributed by atoms with Crippen molar-refractivity contribution in [3.05, 3.63) is 93.5 Å². The average Bonchev–Trinajstić information content (AvgIpc) is 3.33. The molecule has 11 nitrogen and oxygen atoms in total. The number of aryl methyl sites for hydroxylation is 4. The van der Waals surface area contributed by atoms with Gasteiger partial charge in [0, 0.05) is 11.4 Å². The van der Waals surface area contributed by atoms with Crippen molar-refractivity contribution < 1.29 is 38.2 Å². The van der Waals surface area contributed by atoms with Crippen molar-refractivity contribution in [2.45, 2.75) is 66.3 Å². The van der Waals surface area contributed by atoms with Crippen LogP contribution in [0.1, 0.15) is 87.9 Å². The molecule has 3 aromatic carbocycles. The third kappa shape index (κ3) is 7.57. The summed E-state index contributed by atoms with van der Waals surface area (Å²) in [7, 11) is 0. The Morgan fingerprint density at radius 2 is 1.11 bits per heavy atom. The van der Waals surface area contributed by atoms with Crippen LogP contribution in [0.25, 0.3) is 0 Å². The van der Waals surface area contributed by atoms with E-state index < -0.39 is 54.8 Å². The van der Waals surface area contributed by atoms with E-state index in [1.54, 1.807) is 0 Å². The van der Waals surface area contributed by atoms with Gasteiger partial charge in [0.05, 0.1) is 16.7 Å². The first kappa shape index (κ1) is 34.6. The van der Waals surface area contributed by atoms with Crippen molar-refractivity contribution in [3.8, 4) is 0 Å². The number of anilines is 2. The number of hydrogen-bond acceptors (Lipinski definition) is 8. The molecule has 1 aliphatic heterocycles. The number of nitrogens with zero attached hydrogens (tertiary/aromatic N) is 1. The number of carbonyl (C=O) groups is 6. The number of para-hydroxylation sites is 2. The van der Waals surface area contributed by atoms with Crippen molar-refractivity contribution in [1.82, 2.24) is 4.90 Å². The highest BCUT2D eigenvalue weighted by Crippen LogP contribution is 2.27. The van der Waals surface area contributed by atoms with Gasteiger partial charge in [-0.1, -0.05) is 64.1 Å². The molecule has 11 heteroatoms. The highest BCUT2D eigenvalue weighted by atomic mass is 16.5. The number of benzene rings is 3. The van der Waals surface area contributed by atoms with Gasteiger partial charge in [-0.15, -0.1) is 0 Å². The van der Waals surface area contributed by atoms with E-state index in [0.29, 0.717) is 37.1 Å². The topological polar surface area (TPSA) is 148 Å². The SMILES string of the molecule is CCc1cccc(CC)c1NC(=O)COC(=O)c1ccc2c(c1)C(=O)N([C@@H](C)C(=O)OCC(=O)Nc1c(CC)cccc1CC)C2=O. The summed E-state index contributed by atoms with van der Waals surface area (Å²) in [6, 6.07) is 13.9. The number of carbonyl (C=O) groups excluding carboxylic acids is 6. The summed E-state index contributed by atoms with van der Waals surface area (Å²) < 4.78 is 10.4. The minimum Gasteiger partial charge on any atom is -0.454 e. The van der Waals surface area contributed by atoms with Gasteiger partial charge in [0.2, 0.25) is 0 Å². The number of fused-ring (bicyclic) bond motifs is 1. The standard InChI is InChI=1S/C36H39N3O8/c1-6-22-12-10-13-23(7-2)31(22)37-29(40)19-46-35(44)21(5)39-33(42)27-17-16-26(18-28(27)34(39)43)36(45)47-20-30(41)38-32-24(8-3)14-11-15-25(32)9-4/h10-18,21H,6-9,19-20H2,1-5H3,(H,37,40)(H,38,41)/t21-/m0/s1. The lowest BCUT2D eigenvalue weighted by Gasteiger charge is -2.21. The van der Waals surface area contributed by atoms with Crippen LogP contribution in [0.15, 0.2) is 54.6 Å². The number of ether oxygens (including phenoxy) is 2. The van der Waals surface area contributed by atoms with Gasteiger partial charge in [0.15, 0.2) is 13.2 Å². The Labute approximate surface area is 273 Å². The number of imide groups is 1. The van der Waals surface area contributed by atoms with E-state index in [-0.39, 0.29) is 16.7 Å². The first-order valence-electron chi connectivity index (χ1n) is 15.7. The zero-order chi connectivity index (χ0) is 34.2. The second kappa shape index (κ2) is 15.3. The third-order valence-corrected chi connectivity index (χ3v) is 8.09. The molecule has 0 radical (unpaired) electrons. The highest BCUT2D eigenvalue weighted by molar-refractivity contribution is 6.23. The molecule has 246 valence electrons. The fraction of sp³-hybridized carbons (Fsp3) is 0.333. The van der Waals surface area contributed by atoms with Crippen molar-refractivity contribution in [2.24, 2.45) is 0 Å². The Balaban J connectivity index is 1.36. The molecule has 0 bridgehead atoms. The van der Waals surface area contributed by atoms with Crippen LogP contribution in [0.3, 0.4) is 0 Å². The lowest BCUT2D eigenvalue weighted by atomic mass is 10.0. The molecular formula is C36H39N3O8. The van der Waals surface area contributed by atoms with E-state index in [4.69, 9.17) is 9.47 Å². The van der Waals surface area contributed by atoms with E-state index in [1.807, 2.05) is 64.1 Å². The molecule has 0 spiro atoms. The molecule has 0 aromatic heterocycles. The van der Waals surface area contributed by atoms with Crippen LogP contribution >= 0.6 is 0 Å². The molecule has 1 atom stereocenters. The minimum atomic E-state index is -1.34. The normalized spacial score (nSPS) is 12.7. The Morgan fingerprint density at radius 3 is 1.57 bits per heavy atom. The van der Waals surface area contributed by atoms with E-state index in [2.05, 4.69) is 10.6 Å². The van der Waals surface area contributed by atoms with Crippen LogP contribution < -0.4 is 10.6 Å². The van der Waals surface area contributed by atoms with Crippen LogP contribution in [0.2, 0.25) is 0 Å². The van der Waals surface area contributed by atoms with Crippen molar-refractivity contribution in [3.63, 3.8) is 0 Å². The van der Waals surface area contributed by atoms with E-state index in [0.717, 1.165) is 27.2 Å². The maximum Gasteiger partial charge on any atom is 0.338 e. The lowest BCUT2D eigenvalue weighted by Crippen LogP contribution is -2.44. The second-order valence-electron chi connectivity index (χ2n) is 11.0. The molecule has 0 aliphatic carbocycles. The zero-order valence-corrected chi connectivity index (χ0v) is 27.2. The molecule has 2 N–H and O–H groups in total. The van der Waals surface area contributed by atoms with Crippen LogP contribution in [-0.2, 0) is 49.5 Å². The molecule has 47 heavy (non-hydrogen) atoms. The summed E-state index contributed by atoms with van der Waals surface area (Å²) in [6.07, 6.45) is 2.81. The first-order valence-corrected chi connectivity index (χ1v) is 15.7. The fourth-order valence-corrected chi connectivity index (χ4v) is 5.47. The zero-order valence-electron chi connectivity index (χ0n) is 27.2. The van der Waals surface area contributed by atoms with Crippen molar-refractivity contribution in [1.29, 1.82) is 0 Å². The van der Waals surface area contributed by atoms with Crippen LogP contribution in [0.5, 0.6) is 0 Å². The number of rotatable bonds is 13. The van der Waals surface area contributed by atoms with Gasteiger partial charge < -0.3 is 20.1 Å². The largest absolute Gasteiger partial charge is 0.454 e. The smallest absolute Gasteiger partial charge is 0.338 e. The average molecular weight is 642 g/mol. The van der Waals surface area contributed by atoms with Crippen molar-refractivity contribution >= 4 is 46.9 Å². The van der Waals surface area contributed by atoms with Gasteiger partial charge in [0.1, 0.15) is 6.04 Å². The summed E-state index contributed by atoms with van der Waals surface area (Å²) in [4.78, 5) is 78.0. The number of hydrogen-bond donors (Lipinski definition) is 2. The van der Waals surface area contributed by atoms with Gasteiger partial charge in [-0.05, 0) is 73.1 Å². The molecule has 0 fully saturated rings. The predicted molar refractivity (Wildman–Crippen MR) is 175 cm³/mol. The Morgan fingerprint density at radius 1 is 0.660 bits per heavy atom. The van der Waals surface area contributed by atoms with Gasteiger partial charge in [-0.3, -0.25) is 24.1 Å². The Bertz CT molecular complexity index is 1690. The third-order valence-electron chi connectivity index (χ3n) is 8.09. The molecule has 1 aliphatic rings. The van der Waals surface area contributed by atoms with Crippen LogP contribution in [0, 0.1) is 0 Å². The maximum atomic E-state index is 13.2. The summed E-state index contributed by atoms with van der Waals surface area (Å²) in [5, 5.41) is 5.62. The summed E-state index contributed by atoms with van der Waals surface area (Å²) in [5.74, 6) is -4.44. The van der Waals surface area contributed by atoms with Gasteiger partial charge in [0.25, 0.3) is 23.6 Å². The summed E-state index contributed by atoms with van der Waals surface area (Å²) in [5.41, 5.74) is 5.02.